The molecule has 1 heteroatoms. The molecule has 1 nitrogen and oxygen atoms in total. The minimum Gasteiger partial charge on any atom is -0.381 e. The fraction of sp³-hybridized carbons (Fsp3) is 1.00. The average Bonchev–Trinajstić information content (AvgIpc) is 2.22. The van der Waals surface area contributed by atoms with Crippen LogP contribution in [0.5, 0.6) is 0 Å². The summed E-state index contributed by atoms with van der Waals surface area (Å²) in [5, 5.41) is 0. The summed E-state index contributed by atoms with van der Waals surface area (Å²) >= 11 is 0. The second-order valence-corrected chi connectivity index (χ2v) is 5.85. The molecule has 0 heterocycles. The standard InChI is InChI=1S/C15H32O/c1-6-9-10-14(8-3)12-16-13-15(4,5)11-7-2/h14H,6-13H2,1-5H3/t14-/m1/s1. The summed E-state index contributed by atoms with van der Waals surface area (Å²) in [6, 6.07) is 0. The summed E-state index contributed by atoms with van der Waals surface area (Å²) in [4.78, 5) is 0. The summed E-state index contributed by atoms with van der Waals surface area (Å²) in [6.07, 6.45) is 7.76. The predicted molar refractivity (Wildman–Crippen MR) is 72.8 cm³/mol. The van der Waals surface area contributed by atoms with Crippen molar-refractivity contribution in [2.45, 2.75) is 73.1 Å². The summed E-state index contributed by atoms with van der Waals surface area (Å²) in [5.41, 5.74) is 0.359. The van der Waals surface area contributed by atoms with Gasteiger partial charge >= 0.3 is 0 Å². The van der Waals surface area contributed by atoms with Gasteiger partial charge in [0.15, 0.2) is 0 Å². The van der Waals surface area contributed by atoms with Gasteiger partial charge in [0.25, 0.3) is 0 Å². The van der Waals surface area contributed by atoms with Crippen molar-refractivity contribution in [2.75, 3.05) is 13.2 Å². The van der Waals surface area contributed by atoms with Gasteiger partial charge in [-0.1, -0.05) is 60.3 Å². The number of hydrogen-bond donors (Lipinski definition) is 0. The maximum Gasteiger partial charge on any atom is 0.0517 e. The third-order valence-corrected chi connectivity index (χ3v) is 3.32. The van der Waals surface area contributed by atoms with Gasteiger partial charge < -0.3 is 4.74 Å². The normalized spacial score (nSPS) is 14.1. The molecule has 98 valence electrons. The second-order valence-electron chi connectivity index (χ2n) is 5.85. The zero-order valence-electron chi connectivity index (χ0n) is 12.1. The highest BCUT2D eigenvalue weighted by Gasteiger charge is 2.17. The van der Waals surface area contributed by atoms with Gasteiger partial charge in [-0.3, -0.25) is 0 Å². The topological polar surface area (TPSA) is 9.23 Å². The molecule has 0 aliphatic carbocycles. The van der Waals surface area contributed by atoms with Crippen LogP contribution in [0.2, 0.25) is 0 Å². The lowest BCUT2D eigenvalue weighted by atomic mass is 9.89. The first-order chi connectivity index (χ1) is 7.55. The van der Waals surface area contributed by atoms with Crippen LogP contribution in [0.1, 0.15) is 73.1 Å². The highest BCUT2D eigenvalue weighted by molar-refractivity contribution is 4.67. The molecular formula is C15H32O. The predicted octanol–water partition coefficient (Wildman–Crippen LogP) is 5.05. The van der Waals surface area contributed by atoms with E-state index in [0.29, 0.717) is 5.41 Å². The average molecular weight is 228 g/mol. The Morgan fingerprint density at radius 2 is 1.75 bits per heavy atom. The van der Waals surface area contributed by atoms with Gasteiger partial charge in [0, 0.05) is 6.61 Å². The zero-order chi connectivity index (χ0) is 12.4. The molecule has 0 unspecified atom stereocenters. The maximum absolute atomic E-state index is 5.90. The van der Waals surface area contributed by atoms with Crippen LogP contribution in [0.4, 0.5) is 0 Å². The first kappa shape index (κ1) is 16.0. The van der Waals surface area contributed by atoms with Gasteiger partial charge in [-0.15, -0.1) is 0 Å². The molecule has 0 aliphatic heterocycles. The van der Waals surface area contributed by atoms with Crippen LogP contribution < -0.4 is 0 Å². The summed E-state index contributed by atoms with van der Waals surface area (Å²) in [6.45, 7) is 13.3. The van der Waals surface area contributed by atoms with Crippen LogP contribution in [-0.4, -0.2) is 13.2 Å². The monoisotopic (exact) mass is 228 g/mol. The summed E-state index contributed by atoms with van der Waals surface area (Å²) in [5.74, 6) is 0.775. The molecular weight excluding hydrogens is 196 g/mol. The van der Waals surface area contributed by atoms with Gasteiger partial charge in [0.1, 0.15) is 0 Å². The zero-order valence-corrected chi connectivity index (χ0v) is 12.1. The fourth-order valence-electron chi connectivity index (χ4n) is 2.15. The van der Waals surface area contributed by atoms with Gasteiger partial charge in [-0.05, 0) is 24.2 Å². The largest absolute Gasteiger partial charge is 0.381 e. The van der Waals surface area contributed by atoms with Crippen molar-refractivity contribution in [1.29, 1.82) is 0 Å². The van der Waals surface area contributed by atoms with Crippen molar-refractivity contribution in [2.24, 2.45) is 11.3 Å². The molecule has 0 aromatic rings. The van der Waals surface area contributed by atoms with E-state index in [1.165, 1.54) is 38.5 Å². The van der Waals surface area contributed by atoms with Crippen LogP contribution in [0, 0.1) is 11.3 Å². The lowest BCUT2D eigenvalue weighted by Crippen LogP contribution is -2.21. The van der Waals surface area contributed by atoms with E-state index in [0.717, 1.165) is 19.1 Å². The Kier molecular flexibility index (Phi) is 9.02. The minimum absolute atomic E-state index is 0.359. The van der Waals surface area contributed by atoms with E-state index < -0.39 is 0 Å². The molecule has 0 spiro atoms. The third-order valence-electron chi connectivity index (χ3n) is 3.32. The van der Waals surface area contributed by atoms with E-state index in [1.54, 1.807) is 0 Å². The molecule has 0 radical (unpaired) electrons. The molecule has 0 aromatic heterocycles. The van der Waals surface area contributed by atoms with E-state index >= 15 is 0 Å². The number of hydrogen-bond acceptors (Lipinski definition) is 1. The van der Waals surface area contributed by atoms with Crippen molar-refractivity contribution in [3.8, 4) is 0 Å². The van der Waals surface area contributed by atoms with Crippen molar-refractivity contribution in [3.63, 3.8) is 0 Å². The van der Waals surface area contributed by atoms with Crippen molar-refractivity contribution >= 4 is 0 Å². The Morgan fingerprint density at radius 3 is 2.25 bits per heavy atom. The minimum atomic E-state index is 0.359. The van der Waals surface area contributed by atoms with Gasteiger partial charge in [0.05, 0.1) is 6.61 Å². The maximum atomic E-state index is 5.90. The van der Waals surface area contributed by atoms with E-state index in [-0.39, 0.29) is 0 Å². The molecule has 0 saturated carbocycles. The van der Waals surface area contributed by atoms with Crippen LogP contribution in [0.3, 0.4) is 0 Å². The van der Waals surface area contributed by atoms with Crippen molar-refractivity contribution in [1.82, 2.24) is 0 Å². The quantitative estimate of drug-likeness (QED) is 0.508. The van der Waals surface area contributed by atoms with Gasteiger partial charge in [-0.25, -0.2) is 0 Å². The van der Waals surface area contributed by atoms with Gasteiger partial charge in [-0.2, -0.15) is 0 Å². The van der Waals surface area contributed by atoms with E-state index in [1.807, 2.05) is 0 Å². The number of ether oxygens (including phenoxy) is 1. The van der Waals surface area contributed by atoms with E-state index in [9.17, 15) is 0 Å². The lowest BCUT2D eigenvalue weighted by Gasteiger charge is -2.25. The highest BCUT2D eigenvalue weighted by atomic mass is 16.5. The molecule has 0 aliphatic rings. The van der Waals surface area contributed by atoms with Crippen LogP contribution in [0.25, 0.3) is 0 Å². The van der Waals surface area contributed by atoms with Crippen LogP contribution >= 0.6 is 0 Å². The smallest absolute Gasteiger partial charge is 0.0517 e. The Balaban J connectivity index is 3.68. The molecule has 0 N–H and O–H groups in total. The number of rotatable bonds is 10. The molecule has 16 heavy (non-hydrogen) atoms. The first-order valence-corrected chi connectivity index (χ1v) is 7.13. The van der Waals surface area contributed by atoms with Crippen LogP contribution in [0.15, 0.2) is 0 Å². The second kappa shape index (κ2) is 9.04. The third kappa shape index (κ3) is 8.15. The Labute approximate surface area is 103 Å². The molecule has 0 bridgehead atoms. The molecule has 0 saturated heterocycles. The summed E-state index contributed by atoms with van der Waals surface area (Å²) < 4.78 is 5.90. The van der Waals surface area contributed by atoms with E-state index in [4.69, 9.17) is 4.74 Å². The molecule has 0 aromatic carbocycles. The Morgan fingerprint density at radius 1 is 1.06 bits per heavy atom. The molecule has 1 atom stereocenters. The Bertz CT molecular complexity index is 152. The fourth-order valence-corrected chi connectivity index (χ4v) is 2.15. The van der Waals surface area contributed by atoms with Gasteiger partial charge in [0.2, 0.25) is 0 Å². The Hall–Kier alpha value is -0.0400. The van der Waals surface area contributed by atoms with E-state index in [2.05, 4.69) is 34.6 Å². The van der Waals surface area contributed by atoms with Crippen molar-refractivity contribution < 1.29 is 4.74 Å². The summed E-state index contributed by atoms with van der Waals surface area (Å²) in [7, 11) is 0. The molecule has 0 amide bonds. The van der Waals surface area contributed by atoms with Crippen molar-refractivity contribution in [3.05, 3.63) is 0 Å². The molecule has 0 fully saturated rings. The lowest BCUT2D eigenvalue weighted by molar-refractivity contribution is 0.0333. The molecule has 0 rings (SSSR count). The highest BCUT2D eigenvalue weighted by Crippen LogP contribution is 2.23. The number of unbranched alkanes of at least 4 members (excludes halogenated alkanes) is 1. The van der Waals surface area contributed by atoms with Crippen LogP contribution in [-0.2, 0) is 4.74 Å². The first-order valence-electron chi connectivity index (χ1n) is 7.13. The SMILES string of the molecule is CCCC[C@@H](CC)COCC(C)(C)CCC.